The Labute approximate surface area is 163 Å². The van der Waals surface area contributed by atoms with Gasteiger partial charge in [-0.05, 0) is 31.0 Å². The molecule has 0 atom stereocenters. The second-order valence-corrected chi connectivity index (χ2v) is 7.44. The summed E-state index contributed by atoms with van der Waals surface area (Å²) in [5, 5.41) is 12.0. The number of ether oxygens (including phenoxy) is 1. The summed E-state index contributed by atoms with van der Waals surface area (Å²) < 4.78 is 32.8. The fourth-order valence-corrected chi connectivity index (χ4v) is 3.78. The summed E-state index contributed by atoms with van der Waals surface area (Å²) in [6.07, 6.45) is 9.14. The van der Waals surface area contributed by atoms with E-state index >= 15 is 0 Å². The van der Waals surface area contributed by atoms with Gasteiger partial charge in [0.25, 0.3) is 0 Å². The number of rotatable bonds is 5. The maximum absolute atomic E-state index is 12.8. The molecule has 0 aliphatic heterocycles. The second-order valence-electron chi connectivity index (χ2n) is 6.52. The van der Waals surface area contributed by atoms with Crippen molar-refractivity contribution in [2.24, 2.45) is 0 Å². The molecule has 0 bridgehead atoms. The molecular weight excluding hydrogens is 420 g/mol. The van der Waals surface area contributed by atoms with Crippen LogP contribution in [0.2, 0.25) is 0 Å². The van der Waals surface area contributed by atoms with Crippen LogP contribution in [0.1, 0.15) is 32.1 Å². The van der Waals surface area contributed by atoms with Gasteiger partial charge in [-0.1, -0.05) is 35.2 Å². The van der Waals surface area contributed by atoms with Gasteiger partial charge in [0.05, 0.1) is 11.7 Å². The monoisotopic (exact) mass is 437 g/mol. The van der Waals surface area contributed by atoms with Crippen molar-refractivity contribution in [2.75, 3.05) is 5.32 Å². The third kappa shape index (κ3) is 3.87. The number of anilines is 1. The lowest BCUT2D eigenvalue weighted by Crippen LogP contribution is -2.24. The Morgan fingerprint density at radius 3 is 2.78 bits per heavy atom. The lowest BCUT2D eigenvalue weighted by Gasteiger charge is -2.23. The van der Waals surface area contributed by atoms with Gasteiger partial charge in [0.1, 0.15) is 17.8 Å². The Bertz CT molecular complexity index is 943. The zero-order chi connectivity index (χ0) is 18.8. The lowest BCUT2D eigenvalue weighted by molar-refractivity contribution is -0.0494. The number of aromatic nitrogens is 4. The highest BCUT2D eigenvalue weighted by Gasteiger charge is 2.20. The summed E-state index contributed by atoms with van der Waals surface area (Å²) in [6, 6.07) is 5.27. The summed E-state index contributed by atoms with van der Waals surface area (Å²) in [5.41, 5.74) is 1.54. The number of hydrogen-bond acceptors (Lipinski definition) is 5. The predicted molar refractivity (Wildman–Crippen MR) is 101 cm³/mol. The third-order valence-corrected chi connectivity index (χ3v) is 5.20. The van der Waals surface area contributed by atoms with Gasteiger partial charge in [0.15, 0.2) is 0 Å². The van der Waals surface area contributed by atoms with E-state index in [4.69, 9.17) is 0 Å². The summed E-state index contributed by atoms with van der Waals surface area (Å²) in [6.45, 7) is -2.93. The van der Waals surface area contributed by atoms with E-state index in [9.17, 15) is 8.78 Å². The van der Waals surface area contributed by atoms with E-state index < -0.39 is 6.61 Å². The van der Waals surface area contributed by atoms with Gasteiger partial charge < -0.3 is 10.1 Å². The zero-order valence-corrected chi connectivity index (χ0v) is 16.0. The molecule has 0 saturated heterocycles. The van der Waals surface area contributed by atoms with Crippen LogP contribution in [0.25, 0.3) is 16.8 Å². The van der Waals surface area contributed by atoms with E-state index in [2.05, 4.69) is 41.2 Å². The number of hydrogen-bond donors (Lipinski definition) is 1. The average Bonchev–Trinajstić information content (AvgIpc) is 3.13. The molecule has 2 heterocycles. The first-order valence-electron chi connectivity index (χ1n) is 8.82. The Morgan fingerprint density at radius 1 is 1.19 bits per heavy atom. The predicted octanol–water partition coefficient (Wildman–Crippen LogP) is 4.90. The summed E-state index contributed by atoms with van der Waals surface area (Å²) in [5.74, 6) is 0.636. The molecule has 1 aromatic carbocycles. The van der Waals surface area contributed by atoms with Crippen molar-refractivity contribution in [3.63, 3.8) is 0 Å². The topological polar surface area (TPSA) is 64.3 Å². The smallest absolute Gasteiger partial charge is 0.387 e. The molecule has 9 heteroatoms. The summed E-state index contributed by atoms with van der Waals surface area (Å²) in [7, 11) is 0. The van der Waals surface area contributed by atoms with Crippen LogP contribution >= 0.6 is 15.9 Å². The van der Waals surface area contributed by atoms with Crippen molar-refractivity contribution in [3.05, 3.63) is 35.2 Å². The minimum atomic E-state index is -2.93. The van der Waals surface area contributed by atoms with Crippen molar-refractivity contribution in [1.82, 2.24) is 19.6 Å². The van der Waals surface area contributed by atoms with Crippen LogP contribution in [0, 0.1) is 0 Å². The lowest BCUT2D eigenvalue weighted by atomic mass is 9.96. The molecule has 0 amide bonds. The van der Waals surface area contributed by atoms with Crippen LogP contribution in [0.3, 0.4) is 0 Å². The van der Waals surface area contributed by atoms with Gasteiger partial charge in [-0.25, -0.2) is 4.98 Å². The Morgan fingerprint density at radius 2 is 2.00 bits per heavy atom. The second kappa shape index (κ2) is 7.75. The first-order chi connectivity index (χ1) is 13.1. The maximum atomic E-state index is 12.8. The molecule has 6 nitrogen and oxygen atoms in total. The fraction of sp³-hybridized carbons (Fsp3) is 0.389. The molecule has 142 valence electrons. The van der Waals surface area contributed by atoms with Crippen LogP contribution in [-0.2, 0) is 0 Å². The quantitative estimate of drug-likeness (QED) is 0.614. The minimum Gasteiger partial charge on any atom is -0.434 e. The van der Waals surface area contributed by atoms with E-state index in [0.717, 1.165) is 12.8 Å². The standard InChI is InChI=1S/C18H18BrF2N5O/c19-11-6-7-13(15(8-11)27-17(20)21)16-14-9-22-10-26(14)18(25-24-16)23-12-4-2-1-3-5-12/h6-10,12,17H,1-5H2,(H,23,25). The summed E-state index contributed by atoms with van der Waals surface area (Å²) >= 11 is 3.28. The van der Waals surface area contributed by atoms with E-state index in [-0.39, 0.29) is 5.75 Å². The average molecular weight is 438 g/mol. The van der Waals surface area contributed by atoms with Gasteiger partial charge in [0.2, 0.25) is 5.95 Å². The van der Waals surface area contributed by atoms with Crippen molar-refractivity contribution >= 4 is 27.4 Å². The molecule has 0 spiro atoms. The van der Waals surface area contributed by atoms with Gasteiger partial charge in [-0.3, -0.25) is 4.40 Å². The Kier molecular flexibility index (Phi) is 5.20. The number of fused-ring (bicyclic) bond motifs is 1. The molecule has 0 radical (unpaired) electrons. The molecule has 27 heavy (non-hydrogen) atoms. The molecule has 1 fully saturated rings. The van der Waals surface area contributed by atoms with Gasteiger partial charge in [-0.2, -0.15) is 8.78 Å². The molecule has 3 aromatic rings. The van der Waals surface area contributed by atoms with Crippen molar-refractivity contribution in [2.45, 2.75) is 44.8 Å². The number of halogens is 3. The molecule has 1 aliphatic rings. The fourth-order valence-electron chi connectivity index (χ4n) is 3.44. The number of nitrogens with one attached hydrogen (secondary N) is 1. The van der Waals surface area contributed by atoms with Gasteiger partial charge >= 0.3 is 6.61 Å². The van der Waals surface area contributed by atoms with Gasteiger partial charge in [-0.15, -0.1) is 10.2 Å². The highest BCUT2D eigenvalue weighted by atomic mass is 79.9. The van der Waals surface area contributed by atoms with Crippen LogP contribution in [0.4, 0.5) is 14.7 Å². The molecule has 2 aromatic heterocycles. The first-order valence-corrected chi connectivity index (χ1v) is 9.61. The highest BCUT2D eigenvalue weighted by molar-refractivity contribution is 9.10. The van der Waals surface area contributed by atoms with Crippen LogP contribution < -0.4 is 10.1 Å². The normalized spacial score (nSPS) is 15.4. The van der Waals surface area contributed by atoms with E-state index in [1.54, 1.807) is 29.1 Å². The molecule has 1 saturated carbocycles. The number of nitrogens with zero attached hydrogens (tertiary/aromatic N) is 4. The SMILES string of the molecule is FC(F)Oc1cc(Br)ccc1-c1nnc(NC2CCCCC2)n2cncc12. The maximum Gasteiger partial charge on any atom is 0.387 e. The third-order valence-electron chi connectivity index (χ3n) is 4.71. The van der Waals surface area contributed by atoms with Crippen LogP contribution in [0.15, 0.2) is 35.2 Å². The molecule has 1 aliphatic carbocycles. The van der Waals surface area contributed by atoms with E-state index in [1.165, 1.54) is 25.3 Å². The summed E-state index contributed by atoms with van der Waals surface area (Å²) in [4.78, 5) is 4.19. The largest absolute Gasteiger partial charge is 0.434 e. The first kappa shape index (κ1) is 18.1. The molecule has 4 rings (SSSR count). The number of benzene rings is 1. The van der Waals surface area contributed by atoms with Crippen LogP contribution in [-0.4, -0.2) is 32.2 Å². The Balaban J connectivity index is 1.74. The molecule has 1 N–H and O–H groups in total. The minimum absolute atomic E-state index is 0.0322. The molecule has 0 unspecified atom stereocenters. The zero-order valence-electron chi connectivity index (χ0n) is 14.4. The van der Waals surface area contributed by atoms with E-state index in [0.29, 0.717) is 33.2 Å². The number of imidazole rings is 1. The van der Waals surface area contributed by atoms with Crippen molar-refractivity contribution in [1.29, 1.82) is 0 Å². The van der Waals surface area contributed by atoms with Crippen molar-refractivity contribution < 1.29 is 13.5 Å². The van der Waals surface area contributed by atoms with Crippen LogP contribution in [0.5, 0.6) is 5.75 Å². The Hall–Kier alpha value is -2.29. The number of alkyl halides is 2. The highest BCUT2D eigenvalue weighted by Crippen LogP contribution is 2.35. The van der Waals surface area contributed by atoms with Crippen molar-refractivity contribution in [3.8, 4) is 17.0 Å². The van der Waals surface area contributed by atoms with E-state index in [1.807, 2.05) is 0 Å². The van der Waals surface area contributed by atoms with Gasteiger partial charge in [0, 0.05) is 16.1 Å². The molecular formula is C18H18BrF2N5O.